The van der Waals surface area contributed by atoms with Crippen molar-refractivity contribution in [1.29, 1.82) is 0 Å². The van der Waals surface area contributed by atoms with Gasteiger partial charge in [-0.15, -0.1) is 0 Å². The van der Waals surface area contributed by atoms with E-state index in [9.17, 15) is 0 Å². The topological polar surface area (TPSA) is 59.2 Å². The molecule has 1 aliphatic rings. The molecule has 1 aromatic heterocycles. The minimum atomic E-state index is -0.138. The van der Waals surface area contributed by atoms with E-state index < -0.39 is 0 Å². The summed E-state index contributed by atoms with van der Waals surface area (Å²) in [4.78, 5) is 4.21. The zero-order valence-electron chi connectivity index (χ0n) is 10.9. The molecule has 0 aromatic carbocycles. The van der Waals surface area contributed by atoms with E-state index in [1.165, 1.54) is 12.8 Å². The van der Waals surface area contributed by atoms with Crippen molar-refractivity contribution >= 4 is 0 Å². The summed E-state index contributed by atoms with van der Waals surface area (Å²) in [5, 5.41) is 12.7. The fourth-order valence-corrected chi connectivity index (χ4v) is 2.70. The number of hydrogen-bond donors (Lipinski definition) is 1. The van der Waals surface area contributed by atoms with Gasteiger partial charge in [0.25, 0.3) is 0 Å². The number of rotatable bonds is 2. The Hall–Kier alpha value is -0.900. The van der Waals surface area contributed by atoms with Crippen LogP contribution in [0.1, 0.15) is 64.1 Å². The van der Waals surface area contributed by atoms with Crippen molar-refractivity contribution in [3.8, 4) is 0 Å². The molecule has 96 valence electrons. The van der Waals surface area contributed by atoms with E-state index in [4.69, 9.17) is 9.63 Å². The van der Waals surface area contributed by atoms with E-state index in [1.54, 1.807) is 0 Å². The van der Waals surface area contributed by atoms with E-state index in [0.29, 0.717) is 23.0 Å². The lowest BCUT2D eigenvalue weighted by Gasteiger charge is -2.35. The summed E-state index contributed by atoms with van der Waals surface area (Å²) in [5.74, 6) is 2.29. The normalized spacial score (nSPS) is 26.1. The number of aliphatic hydroxyl groups is 1. The predicted octanol–water partition coefficient (Wildman–Crippen LogP) is 2.88. The molecule has 0 radical (unpaired) electrons. The number of aliphatic hydroxyl groups excluding tert-OH is 1. The van der Waals surface area contributed by atoms with Crippen LogP contribution in [0, 0.1) is 11.3 Å². The Balaban J connectivity index is 1.95. The van der Waals surface area contributed by atoms with Crippen LogP contribution in [0.15, 0.2) is 4.52 Å². The van der Waals surface area contributed by atoms with Crippen LogP contribution in [-0.2, 0) is 6.61 Å². The molecule has 17 heavy (non-hydrogen) atoms. The SMILES string of the molecule is CC(C)(C)C1CCC(c2nc(CO)no2)CC1. The molecule has 1 fully saturated rings. The monoisotopic (exact) mass is 238 g/mol. The highest BCUT2D eigenvalue weighted by Gasteiger charge is 2.32. The van der Waals surface area contributed by atoms with Crippen molar-refractivity contribution < 1.29 is 9.63 Å². The van der Waals surface area contributed by atoms with Gasteiger partial charge in [0.05, 0.1) is 0 Å². The highest BCUT2D eigenvalue weighted by molar-refractivity contribution is 4.96. The van der Waals surface area contributed by atoms with Crippen molar-refractivity contribution in [2.45, 2.75) is 59.0 Å². The van der Waals surface area contributed by atoms with Gasteiger partial charge in [0.15, 0.2) is 5.82 Å². The second-order valence-corrected chi connectivity index (χ2v) is 6.12. The fourth-order valence-electron chi connectivity index (χ4n) is 2.70. The quantitative estimate of drug-likeness (QED) is 0.860. The largest absolute Gasteiger partial charge is 0.388 e. The number of aromatic nitrogens is 2. The zero-order valence-corrected chi connectivity index (χ0v) is 10.9. The lowest BCUT2D eigenvalue weighted by molar-refractivity contribution is 0.159. The molecule has 0 unspecified atom stereocenters. The van der Waals surface area contributed by atoms with Gasteiger partial charge >= 0.3 is 0 Å². The summed E-state index contributed by atoms with van der Waals surface area (Å²) in [6.45, 7) is 6.80. The van der Waals surface area contributed by atoms with Crippen molar-refractivity contribution in [3.63, 3.8) is 0 Å². The Bertz CT molecular complexity index is 360. The van der Waals surface area contributed by atoms with E-state index in [1.807, 2.05) is 0 Å². The smallest absolute Gasteiger partial charge is 0.229 e. The number of nitrogens with zero attached hydrogens (tertiary/aromatic N) is 2. The summed E-state index contributed by atoms with van der Waals surface area (Å²) in [7, 11) is 0. The third-order valence-corrected chi connectivity index (χ3v) is 3.93. The summed E-state index contributed by atoms with van der Waals surface area (Å²) in [6, 6.07) is 0. The third kappa shape index (κ3) is 2.86. The van der Waals surface area contributed by atoms with Crippen LogP contribution < -0.4 is 0 Å². The summed E-state index contributed by atoms with van der Waals surface area (Å²) in [5.41, 5.74) is 0.399. The molecule has 1 saturated carbocycles. The highest BCUT2D eigenvalue weighted by atomic mass is 16.5. The van der Waals surface area contributed by atoms with Crippen molar-refractivity contribution in [1.82, 2.24) is 10.1 Å². The van der Waals surface area contributed by atoms with Crippen molar-refractivity contribution in [3.05, 3.63) is 11.7 Å². The molecule has 0 aliphatic heterocycles. The first-order valence-electron chi connectivity index (χ1n) is 6.44. The van der Waals surface area contributed by atoms with E-state index in [-0.39, 0.29) is 6.61 Å². The minimum Gasteiger partial charge on any atom is -0.388 e. The molecular weight excluding hydrogens is 216 g/mol. The third-order valence-electron chi connectivity index (χ3n) is 3.93. The Morgan fingerprint density at radius 1 is 1.24 bits per heavy atom. The Morgan fingerprint density at radius 3 is 2.35 bits per heavy atom. The molecule has 1 heterocycles. The lowest BCUT2D eigenvalue weighted by atomic mass is 9.70. The Labute approximate surface area is 102 Å². The van der Waals surface area contributed by atoms with Gasteiger partial charge in [0, 0.05) is 5.92 Å². The average molecular weight is 238 g/mol. The van der Waals surface area contributed by atoms with Gasteiger partial charge < -0.3 is 9.63 Å². The molecule has 0 saturated heterocycles. The second-order valence-electron chi connectivity index (χ2n) is 6.12. The van der Waals surface area contributed by atoms with E-state index >= 15 is 0 Å². The van der Waals surface area contributed by atoms with E-state index in [2.05, 4.69) is 30.9 Å². The molecule has 1 aliphatic carbocycles. The van der Waals surface area contributed by atoms with Gasteiger partial charge in [-0.3, -0.25) is 0 Å². The van der Waals surface area contributed by atoms with Crippen LogP contribution in [0.4, 0.5) is 0 Å². The fraction of sp³-hybridized carbons (Fsp3) is 0.846. The molecule has 2 rings (SSSR count). The van der Waals surface area contributed by atoms with Gasteiger partial charge in [0.2, 0.25) is 5.89 Å². The molecule has 0 atom stereocenters. The molecule has 0 amide bonds. The second kappa shape index (κ2) is 4.77. The zero-order chi connectivity index (χ0) is 12.5. The van der Waals surface area contributed by atoms with Gasteiger partial charge in [0.1, 0.15) is 6.61 Å². The maximum Gasteiger partial charge on any atom is 0.229 e. The van der Waals surface area contributed by atoms with Crippen LogP contribution >= 0.6 is 0 Å². The molecule has 4 heteroatoms. The molecule has 0 spiro atoms. The minimum absolute atomic E-state index is 0.138. The van der Waals surface area contributed by atoms with Gasteiger partial charge in [-0.2, -0.15) is 4.98 Å². The van der Waals surface area contributed by atoms with Gasteiger partial charge in [-0.1, -0.05) is 25.9 Å². The average Bonchev–Trinajstić information content (AvgIpc) is 2.76. The maximum absolute atomic E-state index is 8.91. The molecule has 1 aromatic rings. The summed E-state index contributed by atoms with van der Waals surface area (Å²) in [6.07, 6.45) is 4.69. The van der Waals surface area contributed by atoms with Crippen molar-refractivity contribution in [2.75, 3.05) is 0 Å². The van der Waals surface area contributed by atoms with Crippen LogP contribution in [0.25, 0.3) is 0 Å². The summed E-state index contributed by atoms with van der Waals surface area (Å²) >= 11 is 0. The molecule has 1 N–H and O–H groups in total. The molecule has 4 nitrogen and oxygen atoms in total. The molecular formula is C13H22N2O2. The van der Waals surface area contributed by atoms with Crippen LogP contribution in [-0.4, -0.2) is 15.2 Å². The predicted molar refractivity (Wildman–Crippen MR) is 64.4 cm³/mol. The first-order valence-corrected chi connectivity index (χ1v) is 6.44. The standard InChI is InChI=1S/C13H22N2O2/c1-13(2,3)10-6-4-9(5-7-10)12-14-11(8-16)15-17-12/h9-10,16H,4-8H2,1-3H3. The first kappa shape index (κ1) is 12.6. The lowest BCUT2D eigenvalue weighted by Crippen LogP contribution is -2.25. The van der Waals surface area contributed by atoms with Crippen molar-refractivity contribution in [2.24, 2.45) is 11.3 Å². The number of hydrogen-bond acceptors (Lipinski definition) is 4. The first-order chi connectivity index (χ1) is 8.00. The van der Waals surface area contributed by atoms with Crippen LogP contribution in [0.2, 0.25) is 0 Å². The molecule has 0 bridgehead atoms. The Kier molecular flexibility index (Phi) is 3.52. The summed E-state index contributed by atoms with van der Waals surface area (Å²) < 4.78 is 5.19. The van der Waals surface area contributed by atoms with E-state index in [0.717, 1.165) is 18.8 Å². The van der Waals surface area contributed by atoms with Gasteiger partial charge in [-0.05, 0) is 37.0 Å². The Morgan fingerprint density at radius 2 is 1.88 bits per heavy atom. The van der Waals surface area contributed by atoms with Crippen LogP contribution in [0.3, 0.4) is 0 Å². The van der Waals surface area contributed by atoms with Gasteiger partial charge in [-0.25, -0.2) is 0 Å². The highest BCUT2D eigenvalue weighted by Crippen LogP contribution is 2.42. The maximum atomic E-state index is 8.91. The van der Waals surface area contributed by atoms with Crippen LogP contribution in [0.5, 0.6) is 0 Å².